The van der Waals surface area contributed by atoms with Crippen LogP contribution in [0.2, 0.25) is 0 Å². The van der Waals surface area contributed by atoms with Crippen molar-refractivity contribution in [2.24, 2.45) is 11.7 Å². The standard InChI is InChI=1S/C13H20N2O/c1-10(7-14)15-8-11-6-12-4-2-3-5-13(12)16-9-11/h2-5,10-11,15H,6-9,14H2,1H3/t10-,11?/m1/s1. The zero-order chi connectivity index (χ0) is 11.4. The molecule has 2 atom stereocenters. The monoisotopic (exact) mass is 220 g/mol. The van der Waals surface area contributed by atoms with Gasteiger partial charge in [0.2, 0.25) is 0 Å². The lowest BCUT2D eigenvalue weighted by atomic mass is 9.96. The fraction of sp³-hybridized carbons (Fsp3) is 0.538. The number of ether oxygens (including phenoxy) is 1. The molecule has 3 heteroatoms. The second-order valence-electron chi connectivity index (χ2n) is 4.53. The van der Waals surface area contributed by atoms with Crippen molar-refractivity contribution in [2.45, 2.75) is 19.4 Å². The van der Waals surface area contributed by atoms with E-state index in [0.717, 1.165) is 25.3 Å². The van der Waals surface area contributed by atoms with Gasteiger partial charge in [-0.05, 0) is 25.0 Å². The van der Waals surface area contributed by atoms with E-state index in [4.69, 9.17) is 10.5 Å². The summed E-state index contributed by atoms with van der Waals surface area (Å²) in [5.74, 6) is 1.61. The minimum Gasteiger partial charge on any atom is -0.493 e. The SMILES string of the molecule is C[C@H](CN)NCC1COc2ccccc2C1. The maximum atomic E-state index is 5.73. The van der Waals surface area contributed by atoms with E-state index < -0.39 is 0 Å². The molecule has 1 aromatic carbocycles. The molecule has 2 rings (SSSR count). The molecule has 1 aromatic rings. The van der Waals surface area contributed by atoms with Crippen LogP contribution in [0.25, 0.3) is 0 Å². The topological polar surface area (TPSA) is 47.3 Å². The van der Waals surface area contributed by atoms with Gasteiger partial charge in [0.05, 0.1) is 6.61 Å². The van der Waals surface area contributed by atoms with Gasteiger partial charge in [0.1, 0.15) is 5.75 Å². The smallest absolute Gasteiger partial charge is 0.122 e. The summed E-state index contributed by atoms with van der Waals surface area (Å²) in [6.07, 6.45) is 1.10. The Labute approximate surface area is 97.0 Å². The number of nitrogens with two attached hydrogens (primary N) is 1. The number of hydrogen-bond acceptors (Lipinski definition) is 3. The maximum absolute atomic E-state index is 5.73. The second-order valence-corrected chi connectivity index (χ2v) is 4.53. The van der Waals surface area contributed by atoms with Gasteiger partial charge in [-0.25, -0.2) is 0 Å². The summed E-state index contributed by atoms with van der Waals surface area (Å²) in [6, 6.07) is 8.67. The highest BCUT2D eigenvalue weighted by Gasteiger charge is 2.19. The summed E-state index contributed by atoms with van der Waals surface area (Å²) in [5.41, 5.74) is 6.89. The Morgan fingerprint density at radius 3 is 3.12 bits per heavy atom. The van der Waals surface area contributed by atoms with Crippen LogP contribution >= 0.6 is 0 Å². The number of nitrogens with one attached hydrogen (secondary N) is 1. The molecular weight excluding hydrogens is 200 g/mol. The minimum atomic E-state index is 0.386. The molecule has 3 N–H and O–H groups in total. The van der Waals surface area contributed by atoms with Crippen molar-refractivity contribution in [3.05, 3.63) is 29.8 Å². The van der Waals surface area contributed by atoms with E-state index in [1.165, 1.54) is 5.56 Å². The molecule has 0 saturated heterocycles. The van der Waals surface area contributed by atoms with E-state index in [1.54, 1.807) is 0 Å². The van der Waals surface area contributed by atoms with Crippen molar-refractivity contribution in [3.63, 3.8) is 0 Å². The first-order valence-corrected chi connectivity index (χ1v) is 5.93. The Bertz CT molecular complexity index is 340. The van der Waals surface area contributed by atoms with Crippen molar-refractivity contribution in [3.8, 4) is 5.75 Å². The highest BCUT2D eigenvalue weighted by molar-refractivity contribution is 5.35. The Kier molecular flexibility index (Phi) is 3.80. The van der Waals surface area contributed by atoms with E-state index in [0.29, 0.717) is 18.5 Å². The Hall–Kier alpha value is -1.06. The first-order chi connectivity index (χ1) is 7.79. The zero-order valence-corrected chi connectivity index (χ0v) is 9.78. The number of hydrogen-bond donors (Lipinski definition) is 2. The van der Waals surface area contributed by atoms with Crippen LogP contribution in [-0.4, -0.2) is 25.7 Å². The molecule has 0 amide bonds. The number of benzene rings is 1. The summed E-state index contributed by atoms with van der Waals surface area (Å²) in [5, 5.41) is 3.43. The lowest BCUT2D eigenvalue weighted by molar-refractivity contribution is 0.215. The minimum absolute atomic E-state index is 0.386. The highest BCUT2D eigenvalue weighted by Crippen LogP contribution is 2.26. The zero-order valence-electron chi connectivity index (χ0n) is 9.78. The molecule has 1 heterocycles. The predicted molar refractivity (Wildman–Crippen MR) is 65.7 cm³/mol. The van der Waals surface area contributed by atoms with Gasteiger partial charge in [-0.3, -0.25) is 0 Å². The number of fused-ring (bicyclic) bond motifs is 1. The molecule has 88 valence electrons. The summed E-state index contributed by atoms with van der Waals surface area (Å²) in [7, 11) is 0. The van der Waals surface area contributed by atoms with Crippen molar-refractivity contribution < 1.29 is 4.74 Å². The largest absolute Gasteiger partial charge is 0.493 e. The fourth-order valence-corrected chi connectivity index (χ4v) is 1.97. The van der Waals surface area contributed by atoms with E-state index in [9.17, 15) is 0 Å². The Balaban J connectivity index is 1.88. The van der Waals surface area contributed by atoms with Crippen LogP contribution in [0.1, 0.15) is 12.5 Å². The summed E-state index contributed by atoms with van der Waals surface area (Å²) >= 11 is 0. The first-order valence-electron chi connectivity index (χ1n) is 5.93. The number of rotatable bonds is 4. The third kappa shape index (κ3) is 2.74. The number of para-hydroxylation sites is 1. The van der Waals surface area contributed by atoms with Crippen molar-refractivity contribution in [1.82, 2.24) is 5.32 Å². The van der Waals surface area contributed by atoms with Crippen LogP contribution in [0.3, 0.4) is 0 Å². The molecule has 0 bridgehead atoms. The third-order valence-electron chi connectivity index (χ3n) is 3.06. The highest BCUT2D eigenvalue weighted by atomic mass is 16.5. The van der Waals surface area contributed by atoms with Gasteiger partial charge >= 0.3 is 0 Å². The predicted octanol–water partition coefficient (Wildman–Crippen LogP) is 1.17. The lowest BCUT2D eigenvalue weighted by Crippen LogP contribution is -2.39. The molecule has 0 aliphatic carbocycles. The van der Waals surface area contributed by atoms with Gasteiger partial charge in [-0.2, -0.15) is 0 Å². The van der Waals surface area contributed by atoms with Crippen molar-refractivity contribution in [2.75, 3.05) is 19.7 Å². The van der Waals surface area contributed by atoms with Crippen LogP contribution in [0.4, 0.5) is 0 Å². The second kappa shape index (κ2) is 5.32. The molecule has 16 heavy (non-hydrogen) atoms. The van der Waals surface area contributed by atoms with Crippen LogP contribution in [0, 0.1) is 5.92 Å². The molecule has 0 spiro atoms. The molecule has 0 aromatic heterocycles. The Morgan fingerprint density at radius 2 is 2.31 bits per heavy atom. The van der Waals surface area contributed by atoms with Crippen LogP contribution in [0.15, 0.2) is 24.3 Å². The van der Waals surface area contributed by atoms with Gasteiger partial charge in [0, 0.05) is 25.0 Å². The van der Waals surface area contributed by atoms with Crippen molar-refractivity contribution >= 4 is 0 Å². The average molecular weight is 220 g/mol. The maximum Gasteiger partial charge on any atom is 0.122 e. The molecule has 1 aliphatic heterocycles. The lowest BCUT2D eigenvalue weighted by Gasteiger charge is -2.26. The molecule has 0 radical (unpaired) electrons. The van der Waals surface area contributed by atoms with E-state index in [-0.39, 0.29) is 0 Å². The van der Waals surface area contributed by atoms with Gasteiger partial charge in [0.15, 0.2) is 0 Å². The Morgan fingerprint density at radius 1 is 1.50 bits per heavy atom. The summed E-state index contributed by atoms with van der Waals surface area (Å²) in [4.78, 5) is 0. The van der Waals surface area contributed by atoms with Gasteiger partial charge in [0.25, 0.3) is 0 Å². The van der Waals surface area contributed by atoms with E-state index >= 15 is 0 Å². The third-order valence-corrected chi connectivity index (χ3v) is 3.06. The molecule has 3 nitrogen and oxygen atoms in total. The van der Waals surface area contributed by atoms with Gasteiger partial charge in [-0.1, -0.05) is 18.2 Å². The molecule has 1 aliphatic rings. The van der Waals surface area contributed by atoms with Gasteiger partial charge in [-0.15, -0.1) is 0 Å². The molecule has 0 fully saturated rings. The summed E-state index contributed by atoms with van der Waals surface area (Å²) < 4.78 is 5.73. The van der Waals surface area contributed by atoms with Crippen LogP contribution in [0.5, 0.6) is 5.75 Å². The van der Waals surface area contributed by atoms with Crippen LogP contribution < -0.4 is 15.8 Å². The first kappa shape index (κ1) is 11.4. The van der Waals surface area contributed by atoms with Crippen LogP contribution in [-0.2, 0) is 6.42 Å². The quantitative estimate of drug-likeness (QED) is 0.801. The molecular formula is C13H20N2O. The molecule has 1 unspecified atom stereocenters. The summed E-state index contributed by atoms with van der Waals surface area (Å²) in [6.45, 7) is 4.58. The average Bonchev–Trinajstić information content (AvgIpc) is 2.35. The van der Waals surface area contributed by atoms with Gasteiger partial charge < -0.3 is 15.8 Å². The fourth-order valence-electron chi connectivity index (χ4n) is 1.97. The van der Waals surface area contributed by atoms with E-state index in [1.807, 2.05) is 12.1 Å². The normalized spacial score (nSPS) is 21.0. The van der Waals surface area contributed by atoms with Crippen molar-refractivity contribution in [1.29, 1.82) is 0 Å². The van der Waals surface area contributed by atoms with E-state index in [2.05, 4.69) is 24.4 Å². The molecule has 0 saturated carbocycles.